The average molecular weight is 413 g/mol. The molecule has 0 unspecified atom stereocenters. The molecule has 0 aliphatic carbocycles. The minimum Gasteiger partial charge on any atom is -0.356 e. The van der Waals surface area contributed by atoms with Crippen LogP contribution in [0.2, 0.25) is 0 Å². The lowest BCUT2D eigenvalue weighted by Gasteiger charge is -2.12. The van der Waals surface area contributed by atoms with Crippen molar-refractivity contribution in [2.24, 2.45) is 10.9 Å². The first-order chi connectivity index (χ1) is 10.2. The van der Waals surface area contributed by atoms with Gasteiger partial charge in [0.15, 0.2) is 5.96 Å². The minimum atomic E-state index is 0. The summed E-state index contributed by atoms with van der Waals surface area (Å²) in [6.07, 6.45) is 3.90. The first-order valence-corrected chi connectivity index (χ1v) is 7.22. The van der Waals surface area contributed by atoms with Crippen LogP contribution in [-0.2, 0) is 6.54 Å². The molecule has 1 heterocycles. The standard InChI is InChI=1S/C16H23N5.HI/c1-13(2)9-18-16(17-3)19-10-14-11-20-21(12-14)15-7-5-4-6-8-15;/h4-8,11-13H,9-10H2,1-3H3,(H2,17,18,19);1H. The van der Waals surface area contributed by atoms with Crippen LogP contribution in [0.3, 0.4) is 0 Å². The number of aliphatic imine (C=N–C) groups is 1. The third-order valence-electron chi connectivity index (χ3n) is 3.02. The van der Waals surface area contributed by atoms with Crippen LogP contribution in [0.1, 0.15) is 19.4 Å². The molecule has 120 valence electrons. The van der Waals surface area contributed by atoms with Gasteiger partial charge in [0.1, 0.15) is 0 Å². The molecule has 1 aromatic carbocycles. The fourth-order valence-electron chi connectivity index (χ4n) is 1.88. The van der Waals surface area contributed by atoms with Crippen LogP contribution < -0.4 is 10.6 Å². The summed E-state index contributed by atoms with van der Waals surface area (Å²) in [5, 5.41) is 11.0. The average Bonchev–Trinajstić information content (AvgIpc) is 2.97. The second kappa shape index (κ2) is 9.45. The second-order valence-corrected chi connectivity index (χ2v) is 5.33. The SMILES string of the molecule is CN=C(NCc1cnn(-c2ccccc2)c1)NCC(C)C.I. The third-order valence-corrected chi connectivity index (χ3v) is 3.02. The maximum absolute atomic E-state index is 4.38. The van der Waals surface area contributed by atoms with E-state index in [1.807, 2.05) is 47.4 Å². The Hall–Kier alpha value is -1.57. The highest BCUT2D eigenvalue weighted by Crippen LogP contribution is 2.07. The molecule has 0 spiro atoms. The first kappa shape index (κ1) is 18.5. The third kappa shape index (κ3) is 5.67. The number of para-hydroxylation sites is 1. The Kier molecular flexibility index (Phi) is 7.94. The molecule has 5 nitrogen and oxygen atoms in total. The summed E-state index contributed by atoms with van der Waals surface area (Å²) in [4.78, 5) is 4.21. The van der Waals surface area contributed by atoms with Crippen molar-refractivity contribution in [1.82, 2.24) is 20.4 Å². The van der Waals surface area contributed by atoms with Crippen molar-refractivity contribution < 1.29 is 0 Å². The minimum absolute atomic E-state index is 0. The summed E-state index contributed by atoms with van der Waals surface area (Å²) in [5.74, 6) is 1.40. The van der Waals surface area contributed by atoms with Gasteiger partial charge < -0.3 is 10.6 Å². The van der Waals surface area contributed by atoms with E-state index in [2.05, 4.69) is 34.6 Å². The molecule has 0 amide bonds. The first-order valence-electron chi connectivity index (χ1n) is 7.22. The Morgan fingerprint density at radius 1 is 1.23 bits per heavy atom. The van der Waals surface area contributed by atoms with E-state index in [4.69, 9.17) is 0 Å². The van der Waals surface area contributed by atoms with Crippen LogP contribution in [0, 0.1) is 5.92 Å². The molecule has 2 rings (SSSR count). The zero-order valence-corrected chi connectivity index (χ0v) is 15.6. The lowest BCUT2D eigenvalue weighted by atomic mass is 10.2. The van der Waals surface area contributed by atoms with Crippen LogP contribution in [0.4, 0.5) is 0 Å². The smallest absolute Gasteiger partial charge is 0.191 e. The Morgan fingerprint density at radius 3 is 2.59 bits per heavy atom. The molecule has 0 radical (unpaired) electrons. The van der Waals surface area contributed by atoms with Crippen molar-refractivity contribution in [2.45, 2.75) is 20.4 Å². The molecule has 0 aliphatic rings. The van der Waals surface area contributed by atoms with Gasteiger partial charge in [0, 0.05) is 31.9 Å². The van der Waals surface area contributed by atoms with E-state index in [-0.39, 0.29) is 24.0 Å². The molecule has 22 heavy (non-hydrogen) atoms. The lowest BCUT2D eigenvalue weighted by molar-refractivity contribution is 0.614. The monoisotopic (exact) mass is 413 g/mol. The van der Waals surface area contributed by atoms with Crippen molar-refractivity contribution in [3.05, 3.63) is 48.3 Å². The number of guanidine groups is 1. The Labute approximate surface area is 149 Å². The molecule has 0 atom stereocenters. The van der Waals surface area contributed by atoms with Crippen molar-refractivity contribution in [3.63, 3.8) is 0 Å². The van der Waals surface area contributed by atoms with Crippen molar-refractivity contribution in [2.75, 3.05) is 13.6 Å². The predicted molar refractivity (Wildman–Crippen MR) is 102 cm³/mol. The van der Waals surface area contributed by atoms with Gasteiger partial charge in [-0.3, -0.25) is 4.99 Å². The molecule has 2 N–H and O–H groups in total. The van der Waals surface area contributed by atoms with E-state index in [9.17, 15) is 0 Å². The number of benzene rings is 1. The van der Waals surface area contributed by atoms with Crippen molar-refractivity contribution in [3.8, 4) is 5.69 Å². The molecule has 0 saturated carbocycles. The molecule has 0 aliphatic heterocycles. The second-order valence-electron chi connectivity index (χ2n) is 5.33. The van der Waals surface area contributed by atoms with Crippen molar-refractivity contribution in [1.29, 1.82) is 0 Å². The fraction of sp³-hybridized carbons (Fsp3) is 0.375. The quantitative estimate of drug-likeness (QED) is 0.451. The maximum Gasteiger partial charge on any atom is 0.191 e. The molecule has 0 fully saturated rings. The van der Waals surface area contributed by atoms with E-state index < -0.39 is 0 Å². The van der Waals surface area contributed by atoms with Crippen molar-refractivity contribution >= 4 is 29.9 Å². The van der Waals surface area contributed by atoms with Gasteiger partial charge in [-0.1, -0.05) is 32.0 Å². The molecule has 0 saturated heterocycles. The van der Waals surface area contributed by atoms with Crippen LogP contribution in [0.5, 0.6) is 0 Å². The summed E-state index contributed by atoms with van der Waals surface area (Å²) in [6, 6.07) is 10.1. The van der Waals surface area contributed by atoms with Gasteiger partial charge in [-0.05, 0) is 18.1 Å². The Bertz CT molecular complexity index is 577. The van der Waals surface area contributed by atoms with Gasteiger partial charge in [-0.2, -0.15) is 5.10 Å². The van der Waals surface area contributed by atoms with Crippen LogP contribution in [-0.4, -0.2) is 29.3 Å². The van der Waals surface area contributed by atoms with E-state index in [1.165, 1.54) is 0 Å². The Balaban J connectivity index is 0.00000242. The van der Waals surface area contributed by atoms with Crippen LogP contribution >= 0.6 is 24.0 Å². The van der Waals surface area contributed by atoms with Crippen LogP contribution in [0.15, 0.2) is 47.7 Å². The summed E-state index contributed by atoms with van der Waals surface area (Å²) in [5.41, 5.74) is 2.18. The van der Waals surface area contributed by atoms with E-state index in [1.54, 1.807) is 7.05 Å². The normalized spacial score (nSPS) is 11.2. The molecular weight excluding hydrogens is 389 g/mol. The predicted octanol–water partition coefficient (Wildman–Crippen LogP) is 2.81. The summed E-state index contributed by atoms with van der Waals surface area (Å²) in [6.45, 7) is 5.95. The van der Waals surface area contributed by atoms with E-state index in [0.29, 0.717) is 12.5 Å². The molecule has 2 aromatic rings. The van der Waals surface area contributed by atoms with E-state index >= 15 is 0 Å². The number of nitrogens with one attached hydrogen (secondary N) is 2. The summed E-state index contributed by atoms with van der Waals surface area (Å²) >= 11 is 0. The number of aromatic nitrogens is 2. The molecular formula is C16H24IN5. The van der Waals surface area contributed by atoms with Gasteiger partial charge in [-0.15, -0.1) is 24.0 Å². The number of nitrogens with zero attached hydrogens (tertiary/aromatic N) is 3. The van der Waals surface area contributed by atoms with Gasteiger partial charge >= 0.3 is 0 Å². The summed E-state index contributed by atoms with van der Waals surface area (Å²) < 4.78 is 1.88. The number of hydrogen-bond acceptors (Lipinski definition) is 2. The maximum atomic E-state index is 4.38. The zero-order chi connectivity index (χ0) is 15.1. The lowest BCUT2D eigenvalue weighted by Crippen LogP contribution is -2.38. The highest BCUT2D eigenvalue weighted by atomic mass is 127. The number of hydrogen-bond donors (Lipinski definition) is 2. The molecule has 1 aromatic heterocycles. The van der Waals surface area contributed by atoms with Gasteiger partial charge in [-0.25, -0.2) is 4.68 Å². The van der Waals surface area contributed by atoms with Gasteiger partial charge in [0.25, 0.3) is 0 Å². The zero-order valence-electron chi connectivity index (χ0n) is 13.3. The fourth-order valence-corrected chi connectivity index (χ4v) is 1.88. The topological polar surface area (TPSA) is 54.2 Å². The highest BCUT2D eigenvalue weighted by molar-refractivity contribution is 14.0. The largest absolute Gasteiger partial charge is 0.356 e. The van der Waals surface area contributed by atoms with Gasteiger partial charge in [0.05, 0.1) is 11.9 Å². The Morgan fingerprint density at radius 2 is 1.95 bits per heavy atom. The van der Waals surface area contributed by atoms with Gasteiger partial charge in [0.2, 0.25) is 0 Å². The van der Waals surface area contributed by atoms with E-state index in [0.717, 1.165) is 23.8 Å². The highest BCUT2D eigenvalue weighted by Gasteiger charge is 2.03. The number of rotatable bonds is 5. The molecule has 0 bridgehead atoms. The van der Waals surface area contributed by atoms with Crippen LogP contribution in [0.25, 0.3) is 5.69 Å². The number of halogens is 1. The molecule has 6 heteroatoms. The summed E-state index contributed by atoms with van der Waals surface area (Å²) in [7, 11) is 1.78.